The Morgan fingerprint density at radius 1 is 1.17 bits per heavy atom. The van der Waals surface area contributed by atoms with Crippen LogP contribution in [0.15, 0.2) is 24.7 Å². The van der Waals surface area contributed by atoms with Gasteiger partial charge in [-0.1, -0.05) is 11.6 Å². The van der Waals surface area contributed by atoms with E-state index in [1.807, 2.05) is 0 Å². The second kappa shape index (κ2) is 4.59. The van der Waals surface area contributed by atoms with Crippen LogP contribution in [0.4, 0.5) is 4.39 Å². The van der Waals surface area contributed by atoms with Gasteiger partial charge in [0.1, 0.15) is 11.0 Å². The number of nitrogens with zero attached hydrogens (tertiary/aromatic N) is 3. The van der Waals surface area contributed by atoms with Crippen molar-refractivity contribution in [1.82, 2.24) is 15.0 Å². The Labute approximate surface area is 109 Å². The zero-order valence-corrected chi connectivity index (χ0v) is 10.6. The first-order valence-electron chi connectivity index (χ1n) is 5.24. The third-order valence-electron chi connectivity index (χ3n) is 2.42. The fourth-order valence-electron chi connectivity index (χ4n) is 1.36. The van der Waals surface area contributed by atoms with Gasteiger partial charge in [0.2, 0.25) is 0 Å². The van der Waals surface area contributed by atoms with Crippen molar-refractivity contribution in [2.75, 3.05) is 0 Å². The van der Waals surface area contributed by atoms with Crippen molar-refractivity contribution in [3.63, 3.8) is 0 Å². The summed E-state index contributed by atoms with van der Waals surface area (Å²) in [7, 11) is 0. The largest absolute Gasteiger partial charge is 0.386 e. The number of aromatic nitrogens is 3. The molecule has 18 heavy (non-hydrogen) atoms. The fourth-order valence-corrected chi connectivity index (χ4v) is 1.50. The van der Waals surface area contributed by atoms with Gasteiger partial charge in [-0.3, -0.25) is 0 Å². The van der Waals surface area contributed by atoms with Crippen molar-refractivity contribution in [1.29, 1.82) is 0 Å². The van der Waals surface area contributed by atoms with Crippen LogP contribution in [0.3, 0.4) is 0 Å². The molecule has 0 aliphatic carbocycles. The highest BCUT2D eigenvalue weighted by atomic mass is 35.5. The molecule has 0 aliphatic heterocycles. The standard InChI is InChI=1S/C12H11ClFN3O/c1-12(2,18)7-4-16-11(17-5-7)8-6-15-10(13)3-9(8)14/h3-6,18H,1-2H3. The number of hydrogen-bond acceptors (Lipinski definition) is 4. The van der Waals surface area contributed by atoms with Crippen LogP contribution in [0.2, 0.25) is 5.15 Å². The second-order valence-corrected chi connectivity index (χ2v) is 4.73. The molecule has 1 N–H and O–H groups in total. The first-order chi connectivity index (χ1) is 8.38. The van der Waals surface area contributed by atoms with E-state index in [-0.39, 0.29) is 16.5 Å². The first-order valence-corrected chi connectivity index (χ1v) is 5.62. The van der Waals surface area contributed by atoms with Crippen molar-refractivity contribution < 1.29 is 9.50 Å². The molecular weight excluding hydrogens is 257 g/mol. The zero-order valence-electron chi connectivity index (χ0n) is 9.85. The molecule has 2 heterocycles. The molecular formula is C12H11ClFN3O. The van der Waals surface area contributed by atoms with Crippen LogP contribution < -0.4 is 0 Å². The van der Waals surface area contributed by atoms with E-state index in [0.29, 0.717) is 5.56 Å². The fraction of sp³-hybridized carbons (Fsp3) is 0.250. The van der Waals surface area contributed by atoms with E-state index in [0.717, 1.165) is 6.07 Å². The summed E-state index contributed by atoms with van der Waals surface area (Å²) < 4.78 is 13.6. The average molecular weight is 268 g/mol. The molecule has 2 aromatic rings. The molecule has 4 nitrogen and oxygen atoms in total. The molecule has 0 aliphatic rings. The number of aliphatic hydroxyl groups is 1. The molecule has 2 aromatic heterocycles. The predicted octanol–water partition coefficient (Wildman–Crippen LogP) is 2.56. The SMILES string of the molecule is CC(C)(O)c1cnc(-c2cnc(Cl)cc2F)nc1. The van der Waals surface area contributed by atoms with E-state index < -0.39 is 11.4 Å². The molecule has 0 saturated heterocycles. The van der Waals surface area contributed by atoms with E-state index in [1.165, 1.54) is 18.6 Å². The Balaban J connectivity index is 2.41. The van der Waals surface area contributed by atoms with Crippen molar-refractivity contribution >= 4 is 11.6 Å². The maximum Gasteiger partial charge on any atom is 0.163 e. The molecule has 0 bridgehead atoms. The van der Waals surface area contributed by atoms with Gasteiger partial charge in [0, 0.05) is 30.2 Å². The van der Waals surface area contributed by atoms with Gasteiger partial charge < -0.3 is 5.11 Å². The van der Waals surface area contributed by atoms with Gasteiger partial charge in [0.05, 0.1) is 11.2 Å². The minimum atomic E-state index is -1.03. The Bertz CT molecular complexity index is 567. The van der Waals surface area contributed by atoms with Gasteiger partial charge in [0.15, 0.2) is 5.82 Å². The van der Waals surface area contributed by atoms with Crippen molar-refractivity contribution in [3.8, 4) is 11.4 Å². The minimum Gasteiger partial charge on any atom is -0.386 e. The molecule has 0 spiro atoms. The maximum absolute atomic E-state index is 13.6. The molecule has 0 saturated carbocycles. The molecule has 94 valence electrons. The summed E-state index contributed by atoms with van der Waals surface area (Å²) in [5.41, 5.74) is -0.315. The molecule has 0 unspecified atom stereocenters. The quantitative estimate of drug-likeness (QED) is 0.850. The Hall–Kier alpha value is -1.59. The highest BCUT2D eigenvalue weighted by Gasteiger charge is 2.17. The van der Waals surface area contributed by atoms with E-state index >= 15 is 0 Å². The normalized spacial score (nSPS) is 11.6. The first kappa shape index (κ1) is 12.9. The Morgan fingerprint density at radius 3 is 2.28 bits per heavy atom. The van der Waals surface area contributed by atoms with Crippen LogP contribution >= 0.6 is 11.6 Å². The molecule has 0 fully saturated rings. The van der Waals surface area contributed by atoms with Crippen molar-refractivity contribution in [2.45, 2.75) is 19.4 Å². The van der Waals surface area contributed by atoms with Gasteiger partial charge in [-0.2, -0.15) is 0 Å². The smallest absolute Gasteiger partial charge is 0.163 e. The van der Waals surface area contributed by atoms with Gasteiger partial charge in [-0.15, -0.1) is 0 Å². The third kappa shape index (κ3) is 2.63. The van der Waals surface area contributed by atoms with Crippen LogP contribution in [0.25, 0.3) is 11.4 Å². The lowest BCUT2D eigenvalue weighted by atomic mass is 10.0. The molecule has 0 atom stereocenters. The highest BCUT2D eigenvalue weighted by Crippen LogP contribution is 2.22. The highest BCUT2D eigenvalue weighted by molar-refractivity contribution is 6.29. The number of pyridine rings is 1. The predicted molar refractivity (Wildman–Crippen MR) is 65.5 cm³/mol. The van der Waals surface area contributed by atoms with Crippen LogP contribution in [0, 0.1) is 5.82 Å². The molecule has 0 aromatic carbocycles. The molecule has 0 amide bonds. The maximum atomic E-state index is 13.6. The topological polar surface area (TPSA) is 58.9 Å². The summed E-state index contributed by atoms with van der Waals surface area (Å²) in [4.78, 5) is 11.8. The van der Waals surface area contributed by atoms with E-state index in [1.54, 1.807) is 13.8 Å². The number of rotatable bonds is 2. The van der Waals surface area contributed by atoms with Gasteiger partial charge >= 0.3 is 0 Å². The second-order valence-electron chi connectivity index (χ2n) is 4.34. The van der Waals surface area contributed by atoms with E-state index in [9.17, 15) is 9.50 Å². The number of hydrogen-bond donors (Lipinski definition) is 1. The molecule has 2 rings (SSSR count). The summed E-state index contributed by atoms with van der Waals surface area (Å²) in [5.74, 6) is -0.337. The molecule has 6 heteroatoms. The van der Waals surface area contributed by atoms with Crippen LogP contribution in [-0.2, 0) is 5.60 Å². The Morgan fingerprint density at radius 2 is 1.78 bits per heavy atom. The lowest BCUT2D eigenvalue weighted by molar-refractivity contribution is 0.0778. The van der Waals surface area contributed by atoms with Crippen LogP contribution in [-0.4, -0.2) is 20.1 Å². The van der Waals surface area contributed by atoms with Gasteiger partial charge in [0.25, 0.3) is 0 Å². The minimum absolute atomic E-state index is 0.0735. The van der Waals surface area contributed by atoms with Crippen molar-refractivity contribution in [3.05, 3.63) is 41.2 Å². The lowest BCUT2D eigenvalue weighted by Crippen LogP contribution is -2.16. The monoisotopic (exact) mass is 267 g/mol. The van der Waals surface area contributed by atoms with Gasteiger partial charge in [-0.05, 0) is 13.8 Å². The summed E-state index contributed by atoms with van der Waals surface area (Å²) in [6, 6.07) is 1.10. The van der Waals surface area contributed by atoms with Crippen molar-refractivity contribution in [2.24, 2.45) is 0 Å². The lowest BCUT2D eigenvalue weighted by Gasteiger charge is -2.16. The van der Waals surface area contributed by atoms with Crippen LogP contribution in [0.5, 0.6) is 0 Å². The third-order valence-corrected chi connectivity index (χ3v) is 2.63. The zero-order chi connectivity index (χ0) is 13.3. The summed E-state index contributed by atoms with van der Waals surface area (Å²) in [6.45, 7) is 3.24. The molecule has 0 radical (unpaired) electrons. The van der Waals surface area contributed by atoms with Gasteiger partial charge in [-0.25, -0.2) is 19.3 Å². The van der Waals surface area contributed by atoms with Crippen LogP contribution in [0.1, 0.15) is 19.4 Å². The summed E-state index contributed by atoms with van der Waals surface area (Å²) >= 11 is 5.56. The Kier molecular flexibility index (Phi) is 3.28. The van der Waals surface area contributed by atoms with E-state index in [4.69, 9.17) is 11.6 Å². The summed E-state index contributed by atoms with van der Waals surface area (Å²) in [5, 5.41) is 9.83. The number of halogens is 2. The average Bonchev–Trinajstić information content (AvgIpc) is 2.28. The summed E-state index contributed by atoms with van der Waals surface area (Å²) in [6.07, 6.45) is 4.18. The van der Waals surface area contributed by atoms with E-state index in [2.05, 4.69) is 15.0 Å².